The summed E-state index contributed by atoms with van der Waals surface area (Å²) >= 11 is 1.60. The molecule has 1 N–H and O–H groups in total. The molecule has 0 aliphatic heterocycles. The second kappa shape index (κ2) is 6.06. The number of aromatic nitrogens is 2. The number of para-hydroxylation sites is 3. The van der Waals surface area contributed by atoms with Crippen LogP contribution in [0.5, 0.6) is 11.5 Å². The normalized spacial score (nSPS) is 10.6. The van der Waals surface area contributed by atoms with E-state index in [1.54, 1.807) is 17.7 Å². The van der Waals surface area contributed by atoms with Crippen molar-refractivity contribution in [1.82, 2.24) is 9.97 Å². The van der Waals surface area contributed by atoms with Crippen molar-refractivity contribution in [3.8, 4) is 11.5 Å². The van der Waals surface area contributed by atoms with Gasteiger partial charge in [-0.25, -0.2) is 9.97 Å². The number of ether oxygens (including phenoxy) is 1. The summed E-state index contributed by atoms with van der Waals surface area (Å²) in [5.41, 5.74) is 0.863. The lowest BCUT2D eigenvalue weighted by Crippen LogP contribution is -1.97. The molecule has 2 aromatic carbocycles. The zero-order chi connectivity index (χ0) is 15.5. The van der Waals surface area contributed by atoms with Gasteiger partial charge in [-0.05, 0) is 35.7 Å². The Morgan fingerprint density at radius 1 is 0.870 bits per heavy atom. The van der Waals surface area contributed by atoms with Crippen LogP contribution in [0.2, 0.25) is 0 Å². The molecule has 112 valence electrons. The Kier molecular flexibility index (Phi) is 3.62. The number of rotatable bonds is 4. The van der Waals surface area contributed by atoms with Gasteiger partial charge < -0.3 is 10.1 Å². The first-order chi connectivity index (χ1) is 11.4. The minimum Gasteiger partial charge on any atom is -0.455 e. The van der Waals surface area contributed by atoms with E-state index in [4.69, 9.17) is 4.74 Å². The van der Waals surface area contributed by atoms with Gasteiger partial charge in [-0.1, -0.05) is 30.3 Å². The number of fused-ring (bicyclic) bond motifs is 1. The predicted molar refractivity (Wildman–Crippen MR) is 93.7 cm³/mol. The third-order valence-corrected chi connectivity index (χ3v) is 4.19. The van der Waals surface area contributed by atoms with Crippen molar-refractivity contribution in [3.63, 3.8) is 0 Å². The molecular weight excluding hydrogens is 306 g/mol. The second-order valence-electron chi connectivity index (χ2n) is 4.90. The first-order valence-corrected chi connectivity index (χ1v) is 8.05. The molecule has 2 heterocycles. The van der Waals surface area contributed by atoms with E-state index in [1.165, 1.54) is 0 Å². The minimum atomic E-state index is 0.751. The van der Waals surface area contributed by atoms with Gasteiger partial charge in [-0.3, -0.25) is 0 Å². The largest absolute Gasteiger partial charge is 0.455 e. The number of nitrogens with one attached hydrogen (secondary N) is 1. The zero-order valence-electron chi connectivity index (χ0n) is 12.1. The summed E-state index contributed by atoms with van der Waals surface area (Å²) < 4.78 is 5.97. The molecule has 4 aromatic rings. The summed E-state index contributed by atoms with van der Waals surface area (Å²) in [4.78, 5) is 9.58. The van der Waals surface area contributed by atoms with Crippen molar-refractivity contribution in [1.29, 1.82) is 0 Å². The maximum atomic E-state index is 5.97. The summed E-state index contributed by atoms with van der Waals surface area (Å²) in [6.07, 6.45) is 1.57. The van der Waals surface area contributed by atoms with Crippen LogP contribution in [0.15, 0.2) is 72.4 Å². The molecule has 0 saturated carbocycles. The van der Waals surface area contributed by atoms with Crippen LogP contribution < -0.4 is 10.1 Å². The van der Waals surface area contributed by atoms with Crippen molar-refractivity contribution >= 4 is 33.1 Å². The first kappa shape index (κ1) is 13.7. The van der Waals surface area contributed by atoms with Gasteiger partial charge in [-0.15, -0.1) is 11.3 Å². The van der Waals surface area contributed by atoms with Crippen LogP contribution in [0.4, 0.5) is 11.5 Å². The van der Waals surface area contributed by atoms with Crippen LogP contribution in [0.1, 0.15) is 0 Å². The quantitative estimate of drug-likeness (QED) is 0.559. The lowest BCUT2D eigenvalue weighted by atomic mass is 10.2. The van der Waals surface area contributed by atoms with Gasteiger partial charge >= 0.3 is 0 Å². The number of thiophene rings is 1. The molecule has 0 unspecified atom stereocenters. The van der Waals surface area contributed by atoms with E-state index >= 15 is 0 Å². The van der Waals surface area contributed by atoms with E-state index in [2.05, 4.69) is 15.3 Å². The number of hydrogen-bond acceptors (Lipinski definition) is 5. The number of nitrogens with zero attached hydrogens (tertiary/aromatic N) is 2. The highest BCUT2D eigenvalue weighted by Gasteiger charge is 2.09. The standard InChI is InChI=1S/C18H13N3OS/c1-2-6-13(7-3-1)22-16-9-5-4-8-15(16)21-17-14-10-11-23-18(14)20-12-19-17/h1-12H,(H,19,20,21). The van der Waals surface area contributed by atoms with E-state index < -0.39 is 0 Å². The summed E-state index contributed by atoms with van der Waals surface area (Å²) in [5.74, 6) is 2.33. The Morgan fingerprint density at radius 3 is 2.61 bits per heavy atom. The van der Waals surface area contributed by atoms with Crippen LogP contribution in [0.3, 0.4) is 0 Å². The fraction of sp³-hybridized carbons (Fsp3) is 0. The fourth-order valence-corrected chi connectivity index (χ4v) is 3.02. The molecule has 0 atom stereocenters. The van der Waals surface area contributed by atoms with E-state index in [-0.39, 0.29) is 0 Å². The molecule has 0 amide bonds. The van der Waals surface area contributed by atoms with Crippen molar-refractivity contribution in [2.75, 3.05) is 5.32 Å². The van der Waals surface area contributed by atoms with Gasteiger partial charge in [0.15, 0.2) is 5.75 Å². The average Bonchev–Trinajstić information content (AvgIpc) is 3.07. The van der Waals surface area contributed by atoms with Crippen molar-refractivity contribution in [2.24, 2.45) is 0 Å². The summed E-state index contributed by atoms with van der Waals surface area (Å²) in [6.45, 7) is 0. The maximum Gasteiger partial charge on any atom is 0.150 e. The molecule has 23 heavy (non-hydrogen) atoms. The Hall–Kier alpha value is -2.92. The van der Waals surface area contributed by atoms with Gasteiger partial charge in [0.05, 0.1) is 11.1 Å². The van der Waals surface area contributed by atoms with Crippen molar-refractivity contribution in [3.05, 3.63) is 72.4 Å². The number of hydrogen-bond donors (Lipinski definition) is 1. The van der Waals surface area contributed by atoms with Gasteiger partial charge in [0.2, 0.25) is 0 Å². The van der Waals surface area contributed by atoms with Gasteiger partial charge in [0, 0.05) is 0 Å². The zero-order valence-corrected chi connectivity index (χ0v) is 13.0. The van der Waals surface area contributed by atoms with Gasteiger partial charge in [0.25, 0.3) is 0 Å². The molecule has 4 nitrogen and oxygen atoms in total. The highest BCUT2D eigenvalue weighted by molar-refractivity contribution is 7.16. The van der Waals surface area contributed by atoms with E-state index in [0.29, 0.717) is 0 Å². The molecule has 0 fully saturated rings. The van der Waals surface area contributed by atoms with E-state index in [9.17, 15) is 0 Å². The van der Waals surface area contributed by atoms with E-state index in [1.807, 2.05) is 66.0 Å². The Labute approximate surface area is 137 Å². The fourth-order valence-electron chi connectivity index (χ4n) is 2.29. The SMILES string of the molecule is c1ccc(Oc2ccccc2Nc2ncnc3sccc23)cc1. The van der Waals surface area contributed by atoms with E-state index in [0.717, 1.165) is 33.2 Å². The molecule has 0 saturated heterocycles. The average molecular weight is 319 g/mol. The van der Waals surface area contributed by atoms with Crippen LogP contribution in [-0.2, 0) is 0 Å². The maximum absolute atomic E-state index is 5.97. The highest BCUT2D eigenvalue weighted by Crippen LogP contribution is 2.33. The third-order valence-electron chi connectivity index (χ3n) is 3.37. The van der Waals surface area contributed by atoms with Crippen LogP contribution >= 0.6 is 11.3 Å². The molecule has 5 heteroatoms. The second-order valence-corrected chi connectivity index (χ2v) is 5.79. The number of anilines is 2. The smallest absolute Gasteiger partial charge is 0.150 e. The molecule has 4 rings (SSSR count). The summed E-state index contributed by atoms with van der Waals surface area (Å²) in [6, 6.07) is 19.6. The lowest BCUT2D eigenvalue weighted by Gasteiger charge is -2.12. The monoisotopic (exact) mass is 319 g/mol. The highest BCUT2D eigenvalue weighted by atomic mass is 32.1. The Bertz CT molecular complexity index is 937. The third kappa shape index (κ3) is 2.86. The van der Waals surface area contributed by atoms with Gasteiger partial charge in [-0.2, -0.15) is 0 Å². The van der Waals surface area contributed by atoms with Crippen LogP contribution in [0.25, 0.3) is 10.2 Å². The summed E-state index contributed by atoms with van der Waals surface area (Å²) in [7, 11) is 0. The first-order valence-electron chi connectivity index (χ1n) is 7.17. The number of benzene rings is 2. The van der Waals surface area contributed by atoms with Gasteiger partial charge in [0.1, 0.15) is 22.7 Å². The Morgan fingerprint density at radius 2 is 1.70 bits per heavy atom. The summed E-state index contributed by atoms with van der Waals surface area (Å²) in [5, 5.41) is 6.37. The molecule has 0 aliphatic rings. The predicted octanol–water partition coefficient (Wildman–Crippen LogP) is 5.23. The molecule has 0 bridgehead atoms. The van der Waals surface area contributed by atoms with Crippen molar-refractivity contribution < 1.29 is 4.74 Å². The lowest BCUT2D eigenvalue weighted by molar-refractivity contribution is 0.485. The molecule has 0 radical (unpaired) electrons. The topological polar surface area (TPSA) is 47.0 Å². The van der Waals surface area contributed by atoms with Crippen molar-refractivity contribution in [2.45, 2.75) is 0 Å². The van der Waals surface area contributed by atoms with Crippen LogP contribution in [-0.4, -0.2) is 9.97 Å². The minimum absolute atomic E-state index is 0.751. The molecule has 2 aromatic heterocycles. The molecule has 0 spiro atoms. The van der Waals surface area contributed by atoms with Crippen LogP contribution in [0, 0.1) is 0 Å². The molecule has 0 aliphatic carbocycles. The molecular formula is C18H13N3OS. The Balaban J connectivity index is 1.68.